The Balaban J connectivity index is 2.09. The fraction of sp³-hybridized carbons (Fsp3) is 0.211. The third-order valence-corrected chi connectivity index (χ3v) is 3.96. The smallest absolute Gasteiger partial charge is 0.265 e. The van der Waals surface area contributed by atoms with Gasteiger partial charge in [0.05, 0.1) is 24.8 Å². The molecular weight excluding hydrogens is 304 g/mol. The van der Waals surface area contributed by atoms with E-state index in [0.29, 0.717) is 16.8 Å². The topological polar surface area (TPSA) is 70.0 Å². The summed E-state index contributed by atoms with van der Waals surface area (Å²) in [6.45, 7) is 2.06. The number of aliphatic hydroxyl groups excluding tert-OH is 1. The molecular formula is C19H18N2O3. The highest BCUT2D eigenvalue weighted by atomic mass is 16.3. The van der Waals surface area contributed by atoms with Gasteiger partial charge in [-0.25, -0.2) is 4.90 Å². The second kappa shape index (κ2) is 6.76. The number of aliphatic hydroxyl groups is 1. The summed E-state index contributed by atoms with van der Waals surface area (Å²) in [5.41, 5.74) is 2.68. The monoisotopic (exact) mass is 322 g/mol. The highest BCUT2D eigenvalue weighted by Crippen LogP contribution is 2.32. The minimum absolute atomic E-state index is 0.0837. The third-order valence-electron chi connectivity index (χ3n) is 3.96. The number of fused-ring (bicyclic) bond motifs is 1. The number of aliphatic imine (C=N–C) groups is 1. The number of amides is 2. The first-order valence-corrected chi connectivity index (χ1v) is 7.78. The Bertz CT molecular complexity index is 814. The zero-order chi connectivity index (χ0) is 17.1. The quantitative estimate of drug-likeness (QED) is 0.694. The highest BCUT2D eigenvalue weighted by molar-refractivity contribution is 6.29. The summed E-state index contributed by atoms with van der Waals surface area (Å²) in [5, 5.41) is 8.90. The number of hydrogen-bond donors (Lipinski definition) is 1. The molecule has 1 aliphatic rings. The van der Waals surface area contributed by atoms with Gasteiger partial charge in [-0.15, -0.1) is 0 Å². The van der Waals surface area contributed by atoms with Crippen LogP contribution in [-0.2, 0) is 4.79 Å². The van der Waals surface area contributed by atoms with Crippen LogP contribution in [0, 0.1) is 6.92 Å². The Morgan fingerprint density at radius 2 is 1.96 bits per heavy atom. The summed E-state index contributed by atoms with van der Waals surface area (Å²) < 4.78 is 0. The van der Waals surface area contributed by atoms with Crippen molar-refractivity contribution < 1.29 is 14.7 Å². The fourth-order valence-corrected chi connectivity index (χ4v) is 2.85. The summed E-state index contributed by atoms with van der Waals surface area (Å²) in [4.78, 5) is 31.1. The van der Waals surface area contributed by atoms with Crippen molar-refractivity contribution in [3.05, 3.63) is 65.2 Å². The van der Waals surface area contributed by atoms with Crippen molar-refractivity contribution in [1.29, 1.82) is 0 Å². The first kappa shape index (κ1) is 16.1. The molecule has 122 valence electrons. The highest BCUT2D eigenvalue weighted by Gasteiger charge is 2.38. The van der Waals surface area contributed by atoms with E-state index in [1.807, 2.05) is 25.1 Å². The number of carbonyl (C=O) groups excluding carboxylic acids is 2. The molecule has 1 N–H and O–H groups in total. The molecule has 0 unspecified atom stereocenters. The van der Waals surface area contributed by atoms with Gasteiger partial charge in [0.1, 0.15) is 0 Å². The SMILES string of the molecule is Cc1cccc(N2C(=O)c3ccccc3[C@@H](C=NCCO)C2=O)c1. The van der Waals surface area contributed by atoms with Crippen LogP contribution >= 0.6 is 0 Å². The molecule has 1 heterocycles. The first-order chi connectivity index (χ1) is 11.6. The van der Waals surface area contributed by atoms with Gasteiger partial charge in [-0.05, 0) is 36.2 Å². The van der Waals surface area contributed by atoms with Crippen LogP contribution in [-0.4, -0.2) is 36.3 Å². The number of nitrogens with zero attached hydrogens (tertiary/aromatic N) is 2. The number of hydrogen-bond acceptors (Lipinski definition) is 4. The Labute approximate surface area is 140 Å². The number of aryl methyl sites for hydroxylation is 1. The molecule has 2 aromatic carbocycles. The molecule has 2 amide bonds. The molecule has 0 saturated carbocycles. The lowest BCUT2D eigenvalue weighted by Crippen LogP contribution is -2.45. The van der Waals surface area contributed by atoms with E-state index >= 15 is 0 Å². The van der Waals surface area contributed by atoms with Crippen LogP contribution in [0.1, 0.15) is 27.4 Å². The van der Waals surface area contributed by atoms with Crippen molar-refractivity contribution in [2.24, 2.45) is 4.99 Å². The predicted molar refractivity (Wildman–Crippen MR) is 92.6 cm³/mol. The normalized spacial score (nSPS) is 17.4. The number of benzene rings is 2. The zero-order valence-corrected chi connectivity index (χ0v) is 13.3. The van der Waals surface area contributed by atoms with E-state index in [4.69, 9.17) is 5.11 Å². The molecule has 2 aromatic rings. The Morgan fingerprint density at radius 3 is 2.71 bits per heavy atom. The van der Waals surface area contributed by atoms with Crippen LogP contribution < -0.4 is 4.90 Å². The van der Waals surface area contributed by atoms with Gasteiger partial charge in [0.2, 0.25) is 5.91 Å². The first-order valence-electron chi connectivity index (χ1n) is 7.78. The van der Waals surface area contributed by atoms with Gasteiger partial charge >= 0.3 is 0 Å². The summed E-state index contributed by atoms with van der Waals surface area (Å²) in [5.74, 6) is -1.29. The number of rotatable bonds is 4. The second-order valence-corrected chi connectivity index (χ2v) is 5.66. The van der Waals surface area contributed by atoms with Crippen LogP contribution in [0.25, 0.3) is 0 Å². The van der Waals surface area contributed by atoms with E-state index < -0.39 is 5.92 Å². The lowest BCUT2D eigenvalue weighted by atomic mass is 9.89. The van der Waals surface area contributed by atoms with E-state index in [1.54, 1.807) is 30.3 Å². The number of imide groups is 1. The van der Waals surface area contributed by atoms with Crippen LogP contribution in [0.4, 0.5) is 5.69 Å². The molecule has 0 aromatic heterocycles. The van der Waals surface area contributed by atoms with Crippen LogP contribution in [0.5, 0.6) is 0 Å². The molecule has 0 bridgehead atoms. The summed E-state index contributed by atoms with van der Waals surface area (Å²) in [6, 6.07) is 14.4. The Morgan fingerprint density at radius 1 is 1.17 bits per heavy atom. The molecule has 0 fully saturated rings. The predicted octanol–water partition coefficient (Wildman–Crippen LogP) is 2.33. The van der Waals surface area contributed by atoms with E-state index in [-0.39, 0.29) is 25.0 Å². The lowest BCUT2D eigenvalue weighted by molar-refractivity contribution is -0.118. The van der Waals surface area contributed by atoms with Gasteiger partial charge in [-0.1, -0.05) is 30.3 Å². The molecule has 0 radical (unpaired) electrons. The van der Waals surface area contributed by atoms with Crippen LogP contribution in [0.2, 0.25) is 0 Å². The van der Waals surface area contributed by atoms with Crippen LogP contribution in [0.3, 0.4) is 0 Å². The summed E-state index contributed by atoms with van der Waals surface area (Å²) >= 11 is 0. The second-order valence-electron chi connectivity index (χ2n) is 5.66. The van der Waals surface area contributed by atoms with Crippen molar-refractivity contribution >= 4 is 23.7 Å². The fourth-order valence-electron chi connectivity index (χ4n) is 2.85. The van der Waals surface area contributed by atoms with Gasteiger partial charge in [0, 0.05) is 11.8 Å². The Kier molecular flexibility index (Phi) is 4.53. The molecule has 1 aliphatic heterocycles. The van der Waals surface area contributed by atoms with Gasteiger partial charge < -0.3 is 5.11 Å². The molecule has 5 nitrogen and oxygen atoms in total. The summed E-state index contributed by atoms with van der Waals surface area (Å²) in [6.07, 6.45) is 1.52. The molecule has 3 rings (SSSR count). The third kappa shape index (κ3) is 2.86. The standard InChI is InChI=1S/C19H18N2O3/c1-13-5-4-6-14(11-13)21-18(23)16-8-3-2-7-15(16)17(19(21)24)12-20-9-10-22/h2-8,11-12,17,22H,9-10H2,1H3/t17-/m1/s1. The largest absolute Gasteiger partial charge is 0.394 e. The lowest BCUT2D eigenvalue weighted by Gasteiger charge is -2.31. The maximum Gasteiger partial charge on any atom is 0.265 e. The zero-order valence-electron chi connectivity index (χ0n) is 13.3. The van der Waals surface area contributed by atoms with Crippen molar-refractivity contribution in [3.63, 3.8) is 0 Å². The summed E-state index contributed by atoms with van der Waals surface area (Å²) in [7, 11) is 0. The molecule has 0 aliphatic carbocycles. The molecule has 0 saturated heterocycles. The van der Waals surface area contributed by atoms with E-state index in [9.17, 15) is 9.59 Å². The molecule has 1 atom stereocenters. The van der Waals surface area contributed by atoms with Crippen molar-refractivity contribution in [2.45, 2.75) is 12.8 Å². The maximum absolute atomic E-state index is 13.0. The average molecular weight is 322 g/mol. The molecule has 0 spiro atoms. The van der Waals surface area contributed by atoms with Crippen molar-refractivity contribution in [1.82, 2.24) is 0 Å². The van der Waals surface area contributed by atoms with E-state index in [1.165, 1.54) is 11.1 Å². The molecule has 5 heteroatoms. The van der Waals surface area contributed by atoms with Gasteiger partial charge in [-0.2, -0.15) is 0 Å². The van der Waals surface area contributed by atoms with Gasteiger partial charge in [0.15, 0.2) is 0 Å². The number of carbonyl (C=O) groups is 2. The maximum atomic E-state index is 13.0. The van der Waals surface area contributed by atoms with E-state index in [0.717, 1.165) is 5.56 Å². The average Bonchev–Trinajstić information content (AvgIpc) is 2.58. The minimum atomic E-state index is -0.633. The van der Waals surface area contributed by atoms with Crippen LogP contribution in [0.15, 0.2) is 53.5 Å². The Hall–Kier alpha value is -2.79. The minimum Gasteiger partial charge on any atom is -0.394 e. The van der Waals surface area contributed by atoms with Crippen molar-refractivity contribution in [3.8, 4) is 0 Å². The van der Waals surface area contributed by atoms with E-state index in [2.05, 4.69) is 4.99 Å². The van der Waals surface area contributed by atoms with Gasteiger partial charge in [-0.3, -0.25) is 14.6 Å². The van der Waals surface area contributed by atoms with Crippen molar-refractivity contribution in [2.75, 3.05) is 18.1 Å². The molecule has 24 heavy (non-hydrogen) atoms. The van der Waals surface area contributed by atoms with Gasteiger partial charge in [0.25, 0.3) is 5.91 Å². The number of anilines is 1.